The molecule has 14 heavy (non-hydrogen) atoms. The van der Waals surface area contributed by atoms with E-state index < -0.39 is 0 Å². The predicted molar refractivity (Wildman–Crippen MR) is 61.3 cm³/mol. The Bertz CT molecular complexity index is 274. The summed E-state index contributed by atoms with van der Waals surface area (Å²) < 4.78 is 0. The largest absolute Gasteiger partial charge is 0.356 e. The molecule has 1 N–H and O–H groups in total. The van der Waals surface area contributed by atoms with Gasteiger partial charge in [0.1, 0.15) is 0 Å². The van der Waals surface area contributed by atoms with Crippen LogP contribution in [0.4, 0.5) is 0 Å². The van der Waals surface area contributed by atoms with Crippen LogP contribution >= 0.6 is 11.8 Å². The third-order valence-corrected chi connectivity index (χ3v) is 2.76. The highest BCUT2D eigenvalue weighted by molar-refractivity contribution is 7.98. The molecule has 0 unspecified atom stereocenters. The number of amides is 1. The van der Waals surface area contributed by atoms with E-state index >= 15 is 0 Å². The molecule has 0 bridgehead atoms. The Labute approximate surface area is 89.1 Å². The van der Waals surface area contributed by atoms with Gasteiger partial charge in [-0.05, 0) is 5.56 Å². The van der Waals surface area contributed by atoms with E-state index in [1.165, 1.54) is 5.56 Å². The van der Waals surface area contributed by atoms with Crippen molar-refractivity contribution < 1.29 is 4.79 Å². The Kier molecular flexibility index (Phi) is 5.15. The van der Waals surface area contributed by atoms with Gasteiger partial charge in [0.15, 0.2) is 0 Å². The fourth-order valence-corrected chi connectivity index (χ4v) is 1.88. The number of thioether (sulfide) groups is 1. The lowest BCUT2D eigenvalue weighted by atomic mass is 10.2. The molecule has 0 aliphatic rings. The third kappa shape index (κ3) is 4.92. The van der Waals surface area contributed by atoms with E-state index in [2.05, 4.69) is 17.4 Å². The molecule has 0 aliphatic carbocycles. The molecule has 0 atom stereocenters. The molecule has 76 valence electrons. The number of benzene rings is 1. The highest BCUT2D eigenvalue weighted by Crippen LogP contribution is 2.10. The van der Waals surface area contributed by atoms with Crippen LogP contribution in [0, 0.1) is 0 Å². The molecule has 0 aromatic heterocycles. The molecule has 1 amide bonds. The second kappa shape index (κ2) is 6.49. The minimum absolute atomic E-state index is 0.0466. The lowest BCUT2D eigenvalue weighted by molar-refractivity contribution is -0.118. The van der Waals surface area contributed by atoms with Gasteiger partial charge in [-0.2, -0.15) is 11.8 Å². The summed E-state index contributed by atoms with van der Waals surface area (Å²) in [4.78, 5) is 10.6. The van der Waals surface area contributed by atoms with Gasteiger partial charge in [0.2, 0.25) is 5.91 Å². The summed E-state index contributed by atoms with van der Waals surface area (Å²) in [7, 11) is 0. The molecular weight excluding hydrogens is 194 g/mol. The van der Waals surface area contributed by atoms with Crippen LogP contribution in [0.15, 0.2) is 30.3 Å². The van der Waals surface area contributed by atoms with Crippen molar-refractivity contribution in [2.24, 2.45) is 0 Å². The smallest absolute Gasteiger partial charge is 0.216 e. The van der Waals surface area contributed by atoms with Crippen molar-refractivity contribution in [2.45, 2.75) is 12.7 Å². The molecule has 0 radical (unpaired) electrons. The molecule has 0 saturated heterocycles. The van der Waals surface area contributed by atoms with Crippen molar-refractivity contribution in [3.05, 3.63) is 35.9 Å². The van der Waals surface area contributed by atoms with E-state index in [1.54, 1.807) is 6.92 Å². The second-order valence-electron chi connectivity index (χ2n) is 3.02. The van der Waals surface area contributed by atoms with Crippen LogP contribution in [-0.2, 0) is 10.5 Å². The first-order chi connectivity index (χ1) is 6.79. The molecule has 0 heterocycles. The van der Waals surface area contributed by atoms with Crippen LogP contribution in [0.2, 0.25) is 0 Å². The van der Waals surface area contributed by atoms with E-state index in [9.17, 15) is 4.79 Å². The number of nitrogens with one attached hydrogen (secondary N) is 1. The molecule has 1 aromatic rings. The molecule has 0 spiro atoms. The van der Waals surface area contributed by atoms with Gasteiger partial charge >= 0.3 is 0 Å². The van der Waals surface area contributed by atoms with Crippen molar-refractivity contribution in [3.63, 3.8) is 0 Å². The first kappa shape index (κ1) is 11.1. The van der Waals surface area contributed by atoms with Crippen LogP contribution in [0.3, 0.4) is 0 Å². The maximum Gasteiger partial charge on any atom is 0.216 e. The maximum absolute atomic E-state index is 10.6. The van der Waals surface area contributed by atoms with Crippen molar-refractivity contribution in [1.29, 1.82) is 0 Å². The summed E-state index contributed by atoms with van der Waals surface area (Å²) in [5, 5.41) is 2.77. The lowest BCUT2D eigenvalue weighted by Crippen LogP contribution is -2.22. The third-order valence-electron chi connectivity index (χ3n) is 1.73. The van der Waals surface area contributed by atoms with Gasteiger partial charge in [-0.3, -0.25) is 4.79 Å². The zero-order valence-electron chi connectivity index (χ0n) is 8.32. The number of hydrogen-bond donors (Lipinski definition) is 1. The standard InChI is InChI=1S/C11H15NOS/c1-10(13)12-7-8-14-9-11-5-3-2-4-6-11/h2-6H,7-9H2,1H3,(H,12,13). The lowest BCUT2D eigenvalue weighted by Gasteiger charge is -2.02. The zero-order valence-corrected chi connectivity index (χ0v) is 9.14. The molecule has 0 aliphatic heterocycles. The van der Waals surface area contributed by atoms with Crippen LogP contribution in [0.25, 0.3) is 0 Å². The van der Waals surface area contributed by atoms with E-state index in [-0.39, 0.29) is 5.91 Å². The van der Waals surface area contributed by atoms with Gasteiger partial charge in [-0.1, -0.05) is 30.3 Å². The summed E-state index contributed by atoms with van der Waals surface area (Å²) in [6.07, 6.45) is 0. The Morgan fingerprint density at radius 2 is 2.07 bits per heavy atom. The minimum atomic E-state index is 0.0466. The van der Waals surface area contributed by atoms with Crippen molar-refractivity contribution in [1.82, 2.24) is 5.32 Å². The average molecular weight is 209 g/mol. The normalized spacial score (nSPS) is 9.79. The predicted octanol–water partition coefficient (Wildman–Crippen LogP) is 2.06. The summed E-state index contributed by atoms with van der Waals surface area (Å²) >= 11 is 1.83. The first-order valence-electron chi connectivity index (χ1n) is 4.65. The molecule has 3 heteroatoms. The summed E-state index contributed by atoms with van der Waals surface area (Å²) in [6.45, 7) is 2.30. The number of carbonyl (C=O) groups excluding carboxylic acids is 1. The Morgan fingerprint density at radius 3 is 2.71 bits per heavy atom. The molecular formula is C11H15NOS. The maximum atomic E-state index is 10.6. The van der Waals surface area contributed by atoms with E-state index in [4.69, 9.17) is 0 Å². The SMILES string of the molecule is CC(=O)NCCSCc1ccccc1. The number of hydrogen-bond acceptors (Lipinski definition) is 2. The van der Waals surface area contributed by atoms with Gasteiger partial charge in [-0.25, -0.2) is 0 Å². The van der Waals surface area contributed by atoms with Gasteiger partial charge in [0.05, 0.1) is 0 Å². The van der Waals surface area contributed by atoms with Crippen LogP contribution < -0.4 is 5.32 Å². The average Bonchev–Trinajstić information content (AvgIpc) is 2.18. The van der Waals surface area contributed by atoms with E-state index in [0.717, 1.165) is 18.1 Å². The Morgan fingerprint density at radius 1 is 1.36 bits per heavy atom. The molecule has 1 rings (SSSR count). The van der Waals surface area contributed by atoms with E-state index in [0.29, 0.717) is 0 Å². The molecule has 0 fully saturated rings. The first-order valence-corrected chi connectivity index (χ1v) is 5.80. The van der Waals surface area contributed by atoms with Crippen molar-refractivity contribution in [2.75, 3.05) is 12.3 Å². The summed E-state index contributed by atoms with van der Waals surface area (Å²) in [5.74, 6) is 2.03. The van der Waals surface area contributed by atoms with Gasteiger partial charge in [0, 0.05) is 25.0 Å². The number of rotatable bonds is 5. The van der Waals surface area contributed by atoms with Crippen LogP contribution in [0.5, 0.6) is 0 Å². The molecule has 1 aromatic carbocycles. The molecule has 2 nitrogen and oxygen atoms in total. The number of carbonyl (C=O) groups is 1. The topological polar surface area (TPSA) is 29.1 Å². The Hall–Kier alpha value is -0.960. The second-order valence-corrected chi connectivity index (χ2v) is 4.13. The van der Waals surface area contributed by atoms with Crippen LogP contribution in [-0.4, -0.2) is 18.2 Å². The quantitative estimate of drug-likeness (QED) is 0.752. The monoisotopic (exact) mass is 209 g/mol. The summed E-state index contributed by atoms with van der Waals surface area (Å²) in [6, 6.07) is 10.3. The fourth-order valence-electron chi connectivity index (χ4n) is 1.06. The minimum Gasteiger partial charge on any atom is -0.356 e. The van der Waals surface area contributed by atoms with Crippen molar-refractivity contribution >= 4 is 17.7 Å². The van der Waals surface area contributed by atoms with Gasteiger partial charge < -0.3 is 5.32 Å². The van der Waals surface area contributed by atoms with Gasteiger partial charge in [0.25, 0.3) is 0 Å². The van der Waals surface area contributed by atoms with Gasteiger partial charge in [-0.15, -0.1) is 0 Å². The van der Waals surface area contributed by atoms with Crippen molar-refractivity contribution in [3.8, 4) is 0 Å². The van der Waals surface area contributed by atoms with Crippen LogP contribution in [0.1, 0.15) is 12.5 Å². The zero-order chi connectivity index (χ0) is 10.2. The highest BCUT2D eigenvalue weighted by Gasteiger charge is 1.93. The van der Waals surface area contributed by atoms with E-state index in [1.807, 2.05) is 30.0 Å². The fraction of sp³-hybridized carbons (Fsp3) is 0.364. The molecule has 0 saturated carbocycles. The highest BCUT2D eigenvalue weighted by atomic mass is 32.2. The summed E-state index contributed by atoms with van der Waals surface area (Å²) in [5.41, 5.74) is 1.33. The Balaban J connectivity index is 2.08.